The van der Waals surface area contributed by atoms with Crippen molar-refractivity contribution in [3.63, 3.8) is 0 Å². The number of benzene rings is 1. The number of hydrogen-bond donors (Lipinski definition) is 0. The molecule has 1 atom stereocenters. The molecule has 140 valence electrons. The van der Waals surface area contributed by atoms with E-state index < -0.39 is 0 Å². The second-order valence-corrected chi connectivity index (χ2v) is 6.92. The largest absolute Gasteiger partial charge is 0.383 e. The van der Waals surface area contributed by atoms with Gasteiger partial charge in [-0.25, -0.2) is 4.98 Å². The normalized spacial score (nSPS) is 18.5. The quantitative estimate of drug-likeness (QED) is 0.762. The van der Waals surface area contributed by atoms with Gasteiger partial charge in [0.1, 0.15) is 5.82 Å². The van der Waals surface area contributed by atoms with Crippen molar-refractivity contribution < 1.29 is 9.53 Å². The predicted molar refractivity (Wildman–Crippen MR) is 101 cm³/mol. The highest BCUT2D eigenvalue weighted by Crippen LogP contribution is 2.17. The Hall–Kier alpha value is -2.18. The molecule has 0 N–H and O–H groups in total. The summed E-state index contributed by atoms with van der Waals surface area (Å²) in [5.74, 6) is 1.17. The molecule has 1 fully saturated rings. The Morgan fingerprint density at radius 1 is 1.27 bits per heavy atom. The van der Waals surface area contributed by atoms with Crippen LogP contribution in [-0.2, 0) is 29.2 Å². The van der Waals surface area contributed by atoms with Crippen molar-refractivity contribution in [3.05, 3.63) is 53.6 Å². The average Bonchev–Trinajstić information content (AvgIpc) is 3.07. The van der Waals surface area contributed by atoms with Gasteiger partial charge < -0.3 is 14.2 Å². The summed E-state index contributed by atoms with van der Waals surface area (Å²) in [5, 5.41) is 0. The summed E-state index contributed by atoms with van der Waals surface area (Å²) >= 11 is 0. The highest BCUT2D eigenvalue weighted by molar-refractivity contribution is 5.82. The number of amides is 1. The second-order valence-electron chi connectivity index (χ2n) is 6.92. The van der Waals surface area contributed by atoms with Crippen LogP contribution in [0.25, 0.3) is 0 Å². The van der Waals surface area contributed by atoms with Gasteiger partial charge in [-0.1, -0.05) is 29.8 Å². The third kappa shape index (κ3) is 4.31. The van der Waals surface area contributed by atoms with Gasteiger partial charge in [-0.05, 0) is 19.4 Å². The highest BCUT2D eigenvalue weighted by atomic mass is 16.5. The number of carbonyl (C=O) groups is 1. The number of methoxy groups -OCH3 is 1. The van der Waals surface area contributed by atoms with E-state index in [-0.39, 0.29) is 11.9 Å². The third-order valence-electron chi connectivity index (χ3n) is 5.01. The van der Waals surface area contributed by atoms with Crippen LogP contribution >= 0.6 is 0 Å². The zero-order chi connectivity index (χ0) is 18.5. The molecule has 3 rings (SSSR count). The molecule has 0 spiro atoms. The van der Waals surface area contributed by atoms with E-state index in [0.29, 0.717) is 19.7 Å². The number of carbonyl (C=O) groups excluding carboxylic acids is 1. The van der Waals surface area contributed by atoms with Crippen LogP contribution in [0.2, 0.25) is 0 Å². The Kier molecular flexibility index (Phi) is 6.06. The first-order chi connectivity index (χ1) is 12.6. The molecule has 0 bridgehead atoms. The predicted octanol–water partition coefficient (Wildman–Crippen LogP) is 2.07. The standard InChI is InChI=1S/C20H28N4O2/c1-16-5-4-6-18(13-16)14-24-10-9-23(17(2)20(24)25)15-19-21-7-8-22(19)11-12-26-3/h4-8,13,17H,9-12,14-15H2,1-3H3/t17-/m0/s1. The SMILES string of the molecule is COCCn1ccnc1CN1CCN(Cc2cccc(C)c2)C(=O)[C@@H]1C. The number of rotatable bonds is 7. The number of ether oxygens (including phenoxy) is 1. The van der Waals surface area contributed by atoms with Crippen LogP contribution in [0.3, 0.4) is 0 Å². The monoisotopic (exact) mass is 356 g/mol. The molecule has 0 radical (unpaired) electrons. The molecule has 2 aromatic rings. The van der Waals surface area contributed by atoms with Crippen molar-refractivity contribution in [2.75, 3.05) is 26.8 Å². The van der Waals surface area contributed by atoms with Gasteiger partial charge in [0.15, 0.2) is 0 Å². The summed E-state index contributed by atoms with van der Waals surface area (Å²) in [6.07, 6.45) is 3.78. The zero-order valence-corrected chi connectivity index (χ0v) is 15.9. The lowest BCUT2D eigenvalue weighted by Crippen LogP contribution is -2.55. The van der Waals surface area contributed by atoms with Crippen LogP contribution in [0.15, 0.2) is 36.7 Å². The van der Waals surface area contributed by atoms with Gasteiger partial charge >= 0.3 is 0 Å². The van der Waals surface area contributed by atoms with Crippen LogP contribution in [0, 0.1) is 6.92 Å². The molecule has 0 unspecified atom stereocenters. The van der Waals surface area contributed by atoms with E-state index in [4.69, 9.17) is 4.74 Å². The molecule has 0 saturated carbocycles. The van der Waals surface area contributed by atoms with E-state index >= 15 is 0 Å². The maximum atomic E-state index is 12.8. The first kappa shape index (κ1) is 18.6. The molecule has 1 aromatic carbocycles. The fourth-order valence-electron chi connectivity index (χ4n) is 3.44. The molecule has 6 heteroatoms. The topological polar surface area (TPSA) is 50.6 Å². The van der Waals surface area contributed by atoms with E-state index in [9.17, 15) is 4.79 Å². The second kappa shape index (κ2) is 8.47. The van der Waals surface area contributed by atoms with Crippen molar-refractivity contribution >= 4 is 5.91 Å². The molecule has 1 aliphatic heterocycles. The Balaban J connectivity index is 1.62. The van der Waals surface area contributed by atoms with Gasteiger partial charge in [-0.3, -0.25) is 9.69 Å². The Morgan fingerprint density at radius 3 is 2.88 bits per heavy atom. The minimum atomic E-state index is -0.138. The Bertz CT molecular complexity index is 743. The summed E-state index contributed by atoms with van der Waals surface area (Å²) in [6, 6.07) is 8.23. The van der Waals surface area contributed by atoms with Crippen molar-refractivity contribution in [2.45, 2.75) is 39.5 Å². The smallest absolute Gasteiger partial charge is 0.239 e. The van der Waals surface area contributed by atoms with Crippen molar-refractivity contribution in [3.8, 4) is 0 Å². The molecule has 1 amide bonds. The van der Waals surface area contributed by atoms with E-state index in [1.165, 1.54) is 11.1 Å². The third-order valence-corrected chi connectivity index (χ3v) is 5.01. The molecule has 26 heavy (non-hydrogen) atoms. The van der Waals surface area contributed by atoms with Gasteiger partial charge in [0.25, 0.3) is 0 Å². The average molecular weight is 356 g/mol. The van der Waals surface area contributed by atoms with Crippen LogP contribution in [0.4, 0.5) is 0 Å². The van der Waals surface area contributed by atoms with Crippen molar-refractivity contribution in [1.29, 1.82) is 0 Å². The lowest BCUT2D eigenvalue weighted by Gasteiger charge is -2.39. The van der Waals surface area contributed by atoms with Crippen LogP contribution < -0.4 is 0 Å². The number of imidazole rings is 1. The fraction of sp³-hybridized carbons (Fsp3) is 0.500. The van der Waals surface area contributed by atoms with Crippen LogP contribution in [0.1, 0.15) is 23.9 Å². The number of aromatic nitrogens is 2. The summed E-state index contributed by atoms with van der Waals surface area (Å²) in [6.45, 7) is 8.48. The molecule has 1 aliphatic rings. The van der Waals surface area contributed by atoms with E-state index in [2.05, 4.69) is 45.6 Å². The first-order valence-corrected chi connectivity index (χ1v) is 9.16. The number of hydrogen-bond acceptors (Lipinski definition) is 4. The van der Waals surface area contributed by atoms with Crippen molar-refractivity contribution in [2.24, 2.45) is 0 Å². The molecule has 6 nitrogen and oxygen atoms in total. The Morgan fingerprint density at radius 2 is 2.12 bits per heavy atom. The minimum Gasteiger partial charge on any atom is -0.383 e. The highest BCUT2D eigenvalue weighted by Gasteiger charge is 2.31. The maximum absolute atomic E-state index is 12.8. The van der Waals surface area contributed by atoms with E-state index in [1.54, 1.807) is 7.11 Å². The summed E-state index contributed by atoms with van der Waals surface area (Å²) in [5.41, 5.74) is 2.42. The van der Waals surface area contributed by atoms with Gasteiger partial charge in [0.05, 0.1) is 19.2 Å². The zero-order valence-electron chi connectivity index (χ0n) is 15.9. The fourth-order valence-corrected chi connectivity index (χ4v) is 3.44. The molecule has 1 saturated heterocycles. The number of aryl methyl sites for hydroxylation is 1. The van der Waals surface area contributed by atoms with Gasteiger partial charge in [0.2, 0.25) is 5.91 Å². The molecule has 1 aromatic heterocycles. The van der Waals surface area contributed by atoms with Crippen LogP contribution in [0.5, 0.6) is 0 Å². The number of piperazine rings is 1. The van der Waals surface area contributed by atoms with Crippen molar-refractivity contribution in [1.82, 2.24) is 19.4 Å². The minimum absolute atomic E-state index is 0.138. The van der Waals surface area contributed by atoms with Gasteiger partial charge in [0, 0.05) is 45.7 Å². The van der Waals surface area contributed by atoms with E-state index in [0.717, 1.165) is 25.5 Å². The molecule has 0 aliphatic carbocycles. The maximum Gasteiger partial charge on any atom is 0.239 e. The Labute approximate surface area is 155 Å². The number of nitrogens with zero attached hydrogens (tertiary/aromatic N) is 4. The molecular formula is C20H28N4O2. The first-order valence-electron chi connectivity index (χ1n) is 9.16. The lowest BCUT2D eigenvalue weighted by molar-refractivity contribution is -0.142. The van der Waals surface area contributed by atoms with E-state index in [1.807, 2.05) is 24.2 Å². The van der Waals surface area contributed by atoms with Gasteiger partial charge in [-0.2, -0.15) is 0 Å². The summed E-state index contributed by atoms with van der Waals surface area (Å²) in [4.78, 5) is 21.5. The summed E-state index contributed by atoms with van der Waals surface area (Å²) < 4.78 is 7.25. The lowest BCUT2D eigenvalue weighted by atomic mass is 10.1. The summed E-state index contributed by atoms with van der Waals surface area (Å²) in [7, 11) is 1.70. The molecular weight excluding hydrogens is 328 g/mol. The van der Waals surface area contributed by atoms with Gasteiger partial charge in [-0.15, -0.1) is 0 Å². The van der Waals surface area contributed by atoms with Crippen LogP contribution in [-0.4, -0.2) is 58.1 Å². The molecule has 2 heterocycles.